The lowest BCUT2D eigenvalue weighted by Gasteiger charge is -2.07. The quantitative estimate of drug-likeness (QED) is 0.597. The molecule has 2 rings (SSSR count). The van der Waals surface area contributed by atoms with Gasteiger partial charge in [-0.1, -0.05) is 42.6 Å². The number of rotatable bonds is 6. The summed E-state index contributed by atoms with van der Waals surface area (Å²) in [5, 5.41) is 12.3. The topological polar surface area (TPSA) is 41.9 Å². The molecule has 0 spiro atoms. The van der Waals surface area contributed by atoms with Gasteiger partial charge in [0.25, 0.3) is 0 Å². The van der Waals surface area contributed by atoms with Gasteiger partial charge in [-0.3, -0.25) is 4.68 Å². The number of halogens is 2. The SMILES string of the molecule is CCCCNC(=S)Nc1cnn(Cc2ccc(Cl)c(Cl)c2)c1. The van der Waals surface area contributed by atoms with Gasteiger partial charge in [-0.2, -0.15) is 5.10 Å². The lowest BCUT2D eigenvalue weighted by atomic mass is 10.2. The monoisotopic (exact) mass is 356 g/mol. The number of anilines is 1. The summed E-state index contributed by atoms with van der Waals surface area (Å²) in [6.07, 6.45) is 5.87. The molecular weight excluding hydrogens is 339 g/mol. The minimum absolute atomic E-state index is 0.547. The Kier molecular flexibility index (Phi) is 6.49. The number of hydrogen-bond acceptors (Lipinski definition) is 2. The van der Waals surface area contributed by atoms with Gasteiger partial charge in [0, 0.05) is 12.7 Å². The third-order valence-corrected chi connectivity index (χ3v) is 4.02. The number of thiocarbonyl (C=S) groups is 1. The highest BCUT2D eigenvalue weighted by Gasteiger charge is 2.04. The first kappa shape index (κ1) is 17.1. The van der Waals surface area contributed by atoms with Gasteiger partial charge in [0.1, 0.15) is 0 Å². The van der Waals surface area contributed by atoms with Gasteiger partial charge in [-0.15, -0.1) is 0 Å². The molecule has 1 aromatic carbocycles. The van der Waals surface area contributed by atoms with Gasteiger partial charge in [-0.05, 0) is 36.3 Å². The molecule has 1 heterocycles. The van der Waals surface area contributed by atoms with Crippen LogP contribution in [0.15, 0.2) is 30.6 Å². The third-order valence-electron chi connectivity index (χ3n) is 3.04. The van der Waals surface area contributed by atoms with Gasteiger partial charge < -0.3 is 10.6 Å². The van der Waals surface area contributed by atoms with Crippen LogP contribution in [0.2, 0.25) is 10.0 Å². The average molecular weight is 357 g/mol. The first-order chi connectivity index (χ1) is 10.6. The molecule has 22 heavy (non-hydrogen) atoms. The van der Waals surface area contributed by atoms with E-state index in [9.17, 15) is 0 Å². The van der Waals surface area contributed by atoms with E-state index in [0.717, 1.165) is 30.6 Å². The number of aromatic nitrogens is 2. The van der Waals surface area contributed by atoms with E-state index in [1.807, 2.05) is 23.0 Å². The van der Waals surface area contributed by atoms with Crippen LogP contribution in [0.1, 0.15) is 25.3 Å². The minimum atomic E-state index is 0.547. The van der Waals surface area contributed by atoms with Crippen molar-refractivity contribution in [3.8, 4) is 0 Å². The van der Waals surface area contributed by atoms with Crippen molar-refractivity contribution in [3.63, 3.8) is 0 Å². The van der Waals surface area contributed by atoms with Crippen molar-refractivity contribution in [1.29, 1.82) is 0 Å². The van der Waals surface area contributed by atoms with E-state index in [4.69, 9.17) is 35.4 Å². The molecule has 0 atom stereocenters. The van der Waals surface area contributed by atoms with Gasteiger partial charge in [0.2, 0.25) is 0 Å². The van der Waals surface area contributed by atoms with E-state index < -0.39 is 0 Å². The van der Waals surface area contributed by atoms with Crippen molar-refractivity contribution in [2.75, 3.05) is 11.9 Å². The molecule has 4 nitrogen and oxygen atoms in total. The molecule has 7 heteroatoms. The van der Waals surface area contributed by atoms with Gasteiger partial charge in [0.15, 0.2) is 5.11 Å². The minimum Gasteiger partial charge on any atom is -0.362 e. The maximum absolute atomic E-state index is 6.02. The van der Waals surface area contributed by atoms with Crippen LogP contribution in [0.5, 0.6) is 0 Å². The zero-order chi connectivity index (χ0) is 15.9. The summed E-state index contributed by atoms with van der Waals surface area (Å²) in [7, 11) is 0. The molecule has 0 radical (unpaired) electrons. The number of unbranched alkanes of at least 4 members (excludes halogenated alkanes) is 1. The summed E-state index contributed by atoms with van der Waals surface area (Å²) >= 11 is 17.2. The Balaban J connectivity index is 1.90. The van der Waals surface area contributed by atoms with Crippen molar-refractivity contribution < 1.29 is 0 Å². The molecule has 0 amide bonds. The van der Waals surface area contributed by atoms with Crippen LogP contribution < -0.4 is 10.6 Å². The van der Waals surface area contributed by atoms with Crippen LogP contribution in [0.3, 0.4) is 0 Å². The molecule has 1 aromatic heterocycles. The van der Waals surface area contributed by atoms with Gasteiger partial charge in [0.05, 0.1) is 28.5 Å². The largest absolute Gasteiger partial charge is 0.362 e. The predicted molar refractivity (Wildman–Crippen MR) is 96.9 cm³/mol. The molecule has 2 N–H and O–H groups in total. The maximum atomic E-state index is 6.02. The molecule has 0 bridgehead atoms. The molecule has 0 saturated carbocycles. The standard InChI is InChI=1S/C15H18Cl2N4S/c1-2-3-6-18-15(22)20-12-8-19-21(10-12)9-11-4-5-13(16)14(17)7-11/h4-5,7-8,10H,2-3,6,9H2,1H3,(H2,18,20,22). The zero-order valence-electron chi connectivity index (χ0n) is 12.3. The summed E-state index contributed by atoms with van der Waals surface area (Å²) in [6.45, 7) is 3.64. The van der Waals surface area contributed by atoms with Crippen molar-refractivity contribution in [1.82, 2.24) is 15.1 Å². The first-order valence-electron chi connectivity index (χ1n) is 7.09. The second-order valence-corrected chi connectivity index (χ2v) is 6.13. The van der Waals surface area contributed by atoms with E-state index in [1.165, 1.54) is 0 Å². The predicted octanol–water partition coefficient (Wildman–Crippen LogP) is 4.32. The van der Waals surface area contributed by atoms with E-state index in [1.54, 1.807) is 12.3 Å². The van der Waals surface area contributed by atoms with Crippen LogP contribution >= 0.6 is 35.4 Å². The van der Waals surface area contributed by atoms with Crippen LogP contribution in [0, 0.1) is 0 Å². The lowest BCUT2D eigenvalue weighted by molar-refractivity contribution is 0.687. The highest BCUT2D eigenvalue weighted by atomic mass is 35.5. The molecule has 0 aliphatic rings. The van der Waals surface area contributed by atoms with Crippen molar-refractivity contribution in [2.24, 2.45) is 0 Å². The highest BCUT2D eigenvalue weighted by Crippen LogP contribution is 2.23. The Morgan fingerprint density at radius 3 is 2.86 bits per heavy atom. The molecule has 0 aliphatic carbocycles. The Morgan fingerprint density at radius 2 is 2.14 bits per heavy atom. The highest BCUT2D eigenvalue weighted by molar-refractivity contribution is 7.80. The first-order valence-corrected chi connectivity index (χ1v) is 8.26. The molecule has 0 aliphatic heterocycles. The van der Waals surface area contributed by atoms with Crippen LogP contribution in [-0.4, -0.2) is 21.4 Å². The van der Waals surface area contributed by atoms with E-state index in [0.29, 0.717) is 21.7 Å². The Labute approximate surface area is 145 Å². The van der Waals surface area contributed by atoms with Crippen LogP contribution in [0.4, 0.5) is 5.69 Å². The van der Waals surface area contributed by atoms with Gasteiger partial charge in [-0.25, -0.2) is 0 Å². The number of nitrogens with one attached hydrogen (secondary N) is 2. The number of hydrogen-bond donors (Lipinski definition) is 2. The molecular formula is C15H18Cl2N4S. The summed E-state index contributed by atoms with van der Waals surface area (Å²) in [5.41, 5.74) is 1.89. The smallest absolute Gasteiger partial charge is 0.170 e. The maximum Gasteiger partial charge on any atom is 0.170 e. The fourth-order valence-corrected chi connectivity index (χ4v) is 2.43. The molecule has 0 saturated heterocycles. The molecule has 0 unspecified atom stereocenters. The summed E-state index contributed by atoms with van der Waals surface area (Å²) in [4.78, 5) is 0. The Morgan fingerprint density at radius 1 is 1.32 bits per heavy atom. The Bertz CT molecular complexity index is 642. The fraction of sp³-hybridized carbons (Fsp3) is 0.333. The number of nitrogens with zero attached hydrogens (tertiary/aromatic N) is 2. The van der Waals surface area contributed by atoms with E-state index in [-0.39, 0.29) is 0 Å². The summed E-state index contributed by atoms with van der Waals surface area (Å²) in [5.74, 6) is 0. The van der Waals surface area contributed by atoms with E-state index in [2.05, 4.69) is 22.7 Å². The summed E-state index contributed by atoms with van der Waals surface area (Å²) in [6, 6.07) is 5.56. The van der Waals surface area contributed by atoms with Crippen molar-refractivity contribution in [2.45, 2.75) is 26.3 Å². The molecule has 2 aromatic rings. The zero-order valence-corrected chi connectivity index (χ0v) is 14.6. The second kappa shape index (κ2) is 8.36. The second-order valence-electron chi connectivity index (χ2n) is 4.91. The Hall–Kier alpha value is -1.30. The van der Waals surface area contributed by atoms with Crippen molar-refractivity contribution >= 4 is 46.2 Å². The normalized spacial score (nSPS) is 10.5. The summed E-state index contributed by atoms with van der Waals surface area (Å²) < 4.78 is 1.82. The van der Waals surface area contributed by atoms with Crippen LogP contribution in [-0.2, 0) is 6.54 Å². The van der Waals surface area contributed by atoms with Gasteiger partial charge >= 0.3 is 0 Å². The lowest BCUT2D eigenvalue weighted by Crippen LogP contribution is -2.28. The molecule has 118 valence electrons. The average Bonchev–Trinajstić information content (AvgIpc) is 2.90. The third kappa shape index (κ3) is 5.16. The van der Waals surface area contributed by atoms with E-state index >= 15 is 0 Å². The molecule has 0 fully saturated rings. The van der Waals surface area contributed by atoms with Crippen molar-refractivity contribution in [3.05, 3.63) is 46.2 Å². The fourth-order valence-electron chi connectivity index (χ4n) is 1.89. The van der Waals surface area contributed by atoms with Crippen LogP contribution in [0.25, 0.3) is 0 Å². The number of benzene rings is 1.